The van der Waals surface area contributed by atoms with E-state index in [9.17, 15) is 9.59 Å². The summed E-state index contributed by atoms with van der Waals surface area (Å²) in [5.74, 6) is 1.80. The average Bonchev–Trinajstić information content (AvgIpc) is 3.37. The van der Waals surface area contributed by atoms with Gasteiger partial charge in [-0.1, -0.05) is 12.1 Å². The van der Waals surface area contributed by atoms with E-state index in [4.69, 9.17) is 23.7 Å². The number of esters is 1. The fraction of sp³-hybridized carbons (Fsp3) is 0.0833. The van der Waals surface area contributed by atoms with Crippen LogP contribution in [0.3, 0.4) is 0 Å². The summed E-state index contributed by atoms with van der Waals surface area (Å²) in [7, 11) is 1.52. The number of hydrogen-bond donors (Lipinski definition) is 0. The van der Waals surface area contributed by atoms with Gasteiger partial charge < -0.3 is 23.7 Å². The minimum absolute atomic E-state index is 0.171. The molecule has 0 aliphatic carbocycles. The lowest BCUT2D eigenvalue weighted by Gasteiger charge is -2.07. The lowest BCUT2D eigenvalue weighted by atomic mass is 10.1. The number of ether oxygens (including phenoxy) is 5. The highest BCUT2D eigenvalue weighted by Gasteiger charge is 2.28. The zero-order valence-electron chi connectivity index (χ0n) is 16.4. The molecule has 0 atom stereocenters. The maximum absolute atomic E-state index is 12.7. The van der Waals surface area contributed by atoms with Gasteiger partial charge in [-0.2, -0.15) is 0 Å². The Kier molecular flexibility index (Phi) is 4.55. The van der Waals surface area contributed by atoms with Crippen molar-refractivity contribution in [2.45, 2.75) is 0 Å². The van der Waals surface area contributed by atoms with Crippen LogP contribution in [0, 0.1) is 0 Å². The van der Waals surface area contributed by atoms with Crippen LogP contribution in [0.2, 0.25) is 0 Å². The number of ketones is 1. The molecule has 0 amide bonds. The normalized spacial score (nSPS) is 14.9. The van der Waals surface area contributed by atoms with E-state index in [2.05, 4.69) is 0 Å². The van der Waals surface area contributed by atoms with Crippen LogP contribution in [0.4, 0.5) is 0 Å². The van der Waals surface area contributed by atoms with E-state index >= 15 is 0 Å². The zero-order chi connectivity index (χ0) is 21.4. The molecule has 0 unspecified atom stereocenters. The lowest BCUT2D eigenvalue weighted by Crippen LogP contribution is -2.08. The minimum atomic E-state index is -0.542. The van der Waals surface area contributed by atoms with Crippen molar-refractivity contribution >= 4 is 17.8 Å². The second kappa shape index (κ2) is 7.53. The Bertz CT molecular complexity index is 1240. The summed E-state index contributed by atoms with van der Waals surface area (Å²) in [4.78, 5) is 25.1. The summed E-state index contributed by atoms with van der Waals surface area (Å²) in [6.07, 6.45) is 1.63. The molecular weight excluding hydrogens is 400 g/mol. The van der Waals surface area contributed by atoms with E-state index in [1.165, 1.54) is 13.2 Å². The molecule has 31 heavy (non-hydrogen) atoms. The van der Waals surface area contributed by atoms with Crippen LogP contribution >= 0.6 is 0 Å². The van der Waals surface area contributed by atoms with Crippen molar-refractivity contribution in [3.05, 3.63) is 83.1 Å². The number of carbonyl (C=O) groups is 2. The number of rotatable bonds is 4. The van der Waals surface area contributed by atoms with E-state index < -0.39 is 5.97 Å². The molecule has 0 radical (unpaired) electrons. The number of hydrogen-bond acceptors (Lipinski definition) is 7. The van der Waals surface area contributed by atoms with Crippen molar-refractivity contribution in [2.24, 2.45) is 0 Å². The van der Waals surface area contributed by atoms with Gasteiger partial charge >= 0.3 is 5.97 Å². The van der Waals surface area contributed by atoms with Gasteiger partial charge in [-0.25, -0.2) is 4.79 Å². The molecule has 3 aromatic carbocycles. The van der Waals surface area contributed by atoms with E-state index in [0.29, 0.717) is 34.1 Å². The first-order chi connectivity index (χ1) is 15.1. The van der Waals surface area contributed by atoms with Gasteiger partial charge in [-0.3, -0.25) is 4.79 Å². The molecule has 0 fully saturated rings. The van der Waals surface area contributed by atoms with Crippen molar-refractivity contribution in [1.82, 2.24) is 0 Å². The summed E-state index contributed by atoms with van der Waals surface area (Å²) in [6, 6.07) is 16.7. The minimum Gasteiger partial charge on any atom is -0.497 e. The highest BCUT2D eigenvalue weighted by atomic mass is 16.7. The Morgan fingerprint density at radius 3 is 2.68 bits per heavy atom. The first-order valence-corrected chi connectivity index (χ1v) is 9.45. The first kappa shape index (κ1) is 18.7. The number of Topliss-reactive ketones (excluding diaryl/α,β-unsaturated/α-hetero) is 1. The molecular formula is C24H16O7. The summed E-state index contributed by atoms with van der Waals surface area (Å²) >= 11 is 0. The predicted molar refractivity (Wildman–Crippen MR) is 110 cm³/mol. The molecule has 3 aromatic rings. The molecule has 0 spiro atoms. The van der Waals surface area contributed by atoms with Crippen LogP contribution in [0.1, 0.15) is 26.3 Å². The second-order valence-corrected chi connectivity index (χ2v) is 6.83. The SMILES string of the molecule is COc1cccc(C(=O)Oc2ccc3c(c2)OC(=Cc2ccc4c(c2)OCO4)C3=O)c1. The van der Waals surface area contributed by atoms with E-state index in [1.807, 2.05) is 6.07 Å². The monoisotopic (exact) mass is 416 g/mol. The average molecular weight is 416 g/mol. The molecule has 0 aromatic heterocycles. The van der Waals surface area contributed by atoms with Crippen LogP contribution in [0.5, 0.6) is 28.7 Å². The number of benzene rings is 3. The molecule has 0 saturated heterocycles. The van der Waals surface area contributed by atoms with Crippen LogP contribution in [-0.4, -0.2) is 25.7 Å². The van der Waals surface area contributed by atoms with Crippen LogP contribution in [0.15, 0.2) is 66.4 Å². The van der Waals surface area contributed by atoms with Crippen molar-refractivity contribution in [3.63, 3.8) is 0 Å². The molecule has 2 aliphatic heterocycles. The topological polar surface area (TPSA) is 80.3 Å². The maximum atomic E-state index is 12.7. The van der Waals surface area contributed by atoms with Crippen molar-refractivity contribution < 1.29 is 33.3 Å². The third-order valence-corrected chi connectivity index (χ3v) is 4.85. The quantitative estimate of drug-likeness (QED) is 0.357. The number of fused-ring (bicyclic) bond motifs is 2. The van der Waals surface area contributed by atoms with Crippen LogP contribution < -0.4 is 23.7 Å². The van der Waals surface area contributed by atoms with Crippen molar-refractivity contribution in [1.29, 1.82) is 0 Å². The molecule has 154 valence electrons. The van der Waals surface area contributed by atoms with Gasteiger partial charge in [0, 0.05) is 6.07 Å². The largest absolute Gasteiger partial charge is 0.497 e. The number of allylic oxidation sites excluding steroid dienone is 1. The smallest absolute Gasteiger partial charge is 0.343 e. The maximum Gasteiger partial charge on any atom is 0.343 e. The highest BCUT2D eigenvalue weighted by molar-refractivity contribution is 6.14. The van der Waals surface area contributed by atoms with Gasteiger partial charge in [0.25, 0.3) is 0 Å². The summed E-state index contributed by atoms with van der Waals surface area (Å²) in [6.45, 7) is 0.174. The summed E-state index contributed by atoms with van der Waals surface area (Å²) < 4.78 is 26.9. The molecule has 7 heteroatoms. The van der Waals surface area contributed by atoms with Gasteiger partial charge in [0.05, 0.1) is 18.2 Å². The first-order valence-electron chi connectivity index (χ1n) is 9.45. The van der Waals surface area contributed by atoms with Gasteiger partial charge in [0.1, 0.15) is 17.2 Å². The Morgan fingerprint density at radius 2 is 1.81 bits per heavy atom. The highest BCUT2D eigenvalue weighted by Crippen LogP contribution is 2.37. The zero-order valence-corrected chi connectivity index (χ0v) is 16.4. The van der Waals surface area contributed by atoms with Gasteiger partial charge in [-0.15, -0.1) is 0 Å². The lowest BCUT2D eigenvalue weighted by molar-refractivity contribution is 0.0734. The molecule has 2 aliphatic rings. The Hall–Kier alpha value is -4.26. The van der Waals surface area contributed by atoms with Gasteiger partial charge in [-0.05, 0) is 54.1 Å². The Labute approximate surface area is 177 Å². The molecule has 0 saturated carbocycles. The fourth-order valence-corrected chi connectivity index (χ4v) is 3.30. The predicted octanol–water partition coefficient (Wildman–Crippen LogP) is 4.26. The van der Waals surface area contributed by atoms with Crippen molar-refractivity contribution in [2.75, 3.05) is 13.9 Å². The third kappa shape index (κ3) is 3.57. The molecule has 0 bridgehead atoms. The van der Waals surface area contributed by atoms with E-state index in [1.54, 1.807) is 54.6 Å². The van der Waals surface area contributed by atoms with E-state index in [-0.39, 0.29) is 24.1 Å². The standard InChI is InChI=1S/C24H16O7/c1-27-16-4-2-3-15(11-16)24(26)30-17-6-7-18-20(12-17)31-22(23(18)25)10-14-5-8-19-21(9-14)29-13-28-19/h2-12H,13H2,1H3. The third-order valence-electron chi connectivity index (χ3n) is 4.85. The molecule has 2 heterocycles. The van der Waals surface area contributed by atoms with Crippen LogP contribution in [-0.2, 0) is 0 Å². The van der Waals surface area contributed by atoms with Crippen molar-refractivity contribution in [3.8, 4) is 28.7 Å². The summed E-state index contributed by atoms with van der Waals surface area (Å²) in [5.41, 5.74) is 1.48. The summed E-state index contributed by atoms with van der Waals surface area (Å²) in [5, 5.41) is 0. The van der Waals surface area contributed by atoms with Crippen LogP contribution in [0.25, 0.3) is 6.08 Å². The second-order valence-electron chi connectivity index (χ2n) is 6.83. The van der Waals surface area contributed by atoms with Gasteiger partial charge in [0.2, 0.25) is 12.6 Å². The molecule has 0 N–H and O–H groups in total. The molecule has 7 nitrogen and oxygen atoms in total. The van der Waals surface area contributed by atoms with Gasteiger partial charge in [0.15, 0.2) is 17.3 Å². The number of methoxy groups -OCH3 is 1. The van der Waals surface area contributed by atoms with E-state index in [0.717, 1.165) is 5.56 Å². The Balaban J connectivity index is 1.35. The molecule has 5 rings (SSSR count). The fourth-order valence-electron chi connectivity index (χ4n) is 3.30. The Morgan fingerprint density at radius 1 is 0.935 bits per heavy atom. The number of carbonyl (C=O) groups excluding carboxylic acids is 2.